The second kappa shape index (κ2) is 7.50. The molecule has 0 saturated heterocycles. The van der Waals surface area contributed by atoms with Crippen LogP contribution in [0.15, 0.2) is 55.0 Å². The van der Waals surface area contributed by atoms with Crippen molar-refractivity contribution in [3.8, 4) is 5.75 Å². The molecule has 0 radical (unpaired) electrons. The van der Waals surface area contributed by atoms with Crippen molar-refractivity contribution in [1.29, 1.82) is 0 Å². The van der Waals surface area contributed by atoms with E-state index in [9.17, 15) is 4.79 Å². The maximum absolute atomic E-state index is 12.8. The highest BCUT2D eigenvalue weighted by Crippen LogP contribution is 2.47. The molecule has 1 aromatic carbocycles. The van der Waals surface area contributed by atoms with Gasteiger partial charge in [0.1, 0.15) is 5.75 Å². The van der Waals surface area contributed by atoms with E-state index in [-0.39, 0.29) is 23.5 Å². The number of amides is 1. The number of aromatic nitrogens is 3. The Labute approximate surface area is 170 Å². The molecule has 1 amide bonds. The standard InChI is InChI=1S/C23H26N4O2/c28-22(23(10-11-23)16-27-14-2-13-25-27)26-18-4-6-19(7-5-18)29-20-8-9-21-17(15-20)3-1-12-24-21/h1-3,8-9,12-15,18-19H,4-7,10-11,16H2,(H,26,28). The van der Waals surface area contributed by atoms with Crippen molar-refractivity contribution in [2.24, 2.45) is 5.41 Å². The minimum Gasteiger partial charge on any atom is -0.490 e. The number of carbonyl (C=O) groups excluding carboxylic acids is 1. The Bertz CT molecular complexity index is 989. The SMILES string of the molecule is O=C(NC1CCC(Oc2ccc3ncccc3c2)CC1)C1(Cn2cccn2)CC1. The minimum absolute atomic E-state index is 0.194. The third-order valence-corrected chi connectivity index (χ3v) is 6.25. The molecule has 1 N–H and O–H groups in total. The highest BCUT2D eigenvalue weighted by atomic mass is 16.5. The number of nitrogens with one attached hydrogen (secondary N) is 1. The van der Waals surface area contributed by atoms with Crippen LogP contribution in [0, 0.1) is 5.41 Å². The molecule has 2 aromatic heterocycles. The zero-order valence-corrected chi connectivity index (χ0v) is 16.5. The number of carbonyl (C=O) groups is 1. The van der Waals surface area contributed by atoms with Gasteiger partial charge in [-0.3, -0.25) is 14.5 Å². The van der Waals surface area contributed by atoms with E-state index in [4.69, 9.17) is 4.74 Å². The first-order valence-corrected chi connectivity index (χ1v) is 10.5. The van der Waals surface area contributed by atoms with E-state index in [0.29, 0.717) is 6.54 Å². The fourth-order valence-corrected chi connectivity index (χ4v) is 4.29. The molecule has 29 heavy (non-hydrogen) atoms. The number of fused-ring (bicyclic) bond motifs is 1. The topological polar surface area (TPSA) is 69.0 Å². The highest BCUT2D eigenvalue weighted by Gasteiger charge is 2.50. The van der Waals surface area contributed by atoms with Crippen LogP contribution in [-0.4, -0.2) is 32.8 Å². The monoisotopic (exact) mass is 390 g/mol. The van der Waals surface area contributed by atoms with Gasteiger partial charge in [0.05, 0.1) is 23.6 Å². The summed E-state index contributed by atoms with van der Waals surface area (Å²) in [6, 6.07) is 12.2. The largest absolute Gasteiger partial charge is 0.490 e. The summed E-state index contributed by atoms with van der Waals surface area (Å²) in [5, 5.41) is 8.65. The summed E-state index contributed by atoms with van der Waals surface area (Å²) in [5.41, 5.74) is 0.730. The molecule has 6 nitrogen and oxygen atoms in total. The van der Waals surface area contributed by atoms with Gasteiger partial charge < -0.3 is 10.1 Å². The summed E-state index contributed by atoms with van der Waals surface area (Å²) in [5.74, 6) is 1.09. The van der Waals surface area contributed by atoms with Crippen LogP contribution in [0.5, 0.6) is 5.75 Å². The van der Waals surface area contributed by atoms with Crippen molar-refractivity contribution in [3.63, 3.8) is 0 Å². The van der Waals surface area contributed by atoms with Crippen molar-refractivity contribution in [3.05, 3.63) is 55.0 Å². The van der Waals surface area contributed by atoms with Crippen LogP contribution in [0.25, 0.3) is 10.9 Å². The van der Waals surface area contributed by atoms with Gasteiger partial charge in [0.15, 0.2) is 0 Å². The zero-order valence-electron chi connectivity index (χ0n) is 16.5. The van der Waals surface area contributed by atoms with E-state index in [1.54, 1.807) is 12.4 Å². The molecule has 0 unspecified atom stereocenters. The molecule has 150 valence electrons. The number of benzene rings is 1. The van der Waals surface area contributed by atoms with Crippen molar-refractivity contribution >= 4 is 16.8 Å². The lowest BCUT2D eigenvalue weighted by Crippen LogP contribution is -2.44. The Balaban J connectivity index is 1.13. The van der Waals surface area contributed by atoms with Gasteiger partial charge >= 0.3 is 0 Å². The van der Waals surface area contributed by atoms with E-state index in [1.165, 1.54) is 0 Å². The molecule has 2 heterocycles. The van der Waals surface area contributed by atoms with Gasteiger partial charge in [0, 0.05) is 30.0 Å². The van der Waals surface area contributed by atoms with Crippen molar-refractivity contribution in [2.75, 3.05) is 0 Å². The Kier molecular flexibility index (Phi) is 4.70. The van der Waals surface area contributed by atoms with E-state index < -0.39 is 0 Å². The molecule has 6 heteroatoms. The van der Waals surface area contributed by atoms with E-state index in [1.807, 2.05) is 35.1 Å². The number of hydrogen-bond donors (Lipinski definition) is 1. The summed E-state index contributed by atoms with van der Waals surface area (Å²) in [6.07, 6.45) is 11.5. The predicted molar refractivity (Wildman–Crippen MR) is 110 cm³/mol. The Hall–Kier alpha value is -2.89. The van der Waals surface area contributed by atoms with Gasteiger partial charge in [-0.1, -0.05) is 6.07 Å². The average Bonchev–Trinajstić information content (AvgIpc) is 3.35. The van der Waals surface area contributed by atoms with Crippen LogP contribution in [0.4, 0.5) is 0 Å². The maximum atomic E-state index is 12.8. The molecular formula is C23H26N4O2. The molecule has 2 aliphatic rings. The summed E-state index contributed by atoms with van der Waals surface area (Å²) in [7, 11) is 0. The minimum atomic E-state index is -0.251. The predicted octanol–water partition coefficient (Wildman–Crippen LogP) is 3.72. The van der Waals surface area contributed by atoms with Gasteiger partial charge in [-0.05, 0) is 68.9 Å². The zero-order chi connectivity index (χ0) is 19.7. The van der Waals surface area contributed by atoms with Gasteiger partial charge in [-0.25, -0.2) is 0 Å². The lowest BCUT2D eigenvalue weighted by Gasteiger charge is -2.30. The fourth-order valence-electron chi connectivity index (χ4n) is 4.29. The summed E-state index contributed by atoms with van der Waals surface area (Å²) < 4.78 is 8.09. The van der Waals surface area contributed by atoms with Crippen molar-refractivity contribution in [1.82, 2.24) is 20.1 Å². The smallest absolute Gasteiger partial charge is 0.228 e. The molecule has 0 spiro atoms. The maximum Gasteiger partial charge on any atom is 0.228 e. The van der Waals surface area contributed by atoms with Crippen LogP contribution in [0.1, 0.15) is 38.5 Å². The van der Waals surface area contributed by atoms with Gasteiger partial charge in [-0.15, -0.1) is 0 Å². The van der Waals surface area contributed by atoms with Crippen LogP contribution >= 0.6 is 0 Å². The second-order valence-corrected chi connectivity index (χ2v) is 8.41. The van der Waals surface area contributed by atoms with Crippen molar-refractivity contribution in [2.45, 2.75) is 57.2 Å². The molecule has 2 aliphatic carbocycles. The molecular weight excluding hydrogens is 364 g/mol. The molecule has 0 aliphatic heterocycles. The van der Waals surface area contributed by atoms with Gasteiger partial charge in [0.25, 0.3) is 0 Å². The molecule has 0 atom stereocenters. The van der Waals surface area contributed by atoms with Crippen LogP contribution in [-0.2, 0) is 11.3 Å². The number of rotatable bonds is 6. The number of pyridine rings is 1. The number of hydrogen-bond acceptors (Lipinski definition) is 4. The first kappa shape index (κ1) is 18.2. The Morgan fingerprint density at radius 3 is 2.76 bits per heavy atom. The normalized spacial score (nSPS) is 22.9. The molecule has 2 saturated carbocycles. The first-order chi connectivity index (χ1) is 14.2. The summed E-state index contributed by atoms with van der Waals surface area (Å²) >= 11 is 0. The van der Waals surface area contributed by atoms with Crippen molar-refractivity contribution < 1.29 is 9.53 Å². The van der Waals surface area contributed by atoms with E-state index in [2.05, 4.69) is 27.5 Å². The molecule has 0 bridgehead atoms. The molecule has 5 rings (SSSR count). The van der Waals surface area contributed by atoms with E-state index >= 15 is 0 Å². The lowest BCUT2D eigenvalue weighted by molar-refractivity contribution is -0.128. The Morgan fingerprint density at radius 1 is 1.14 bits per heavy atom. The second-order valence-electron chi connectivity index (χ2n) is 8.41. The fraction of sp³-hybridized carbons (Fsp3) is 0.435. The molecule has 2 fully saturated rings. The summed E-state index contributed by atoms with van der Waals surface area (Å²) in [6.45, 7) is 0.682. The van der Waals surface area contributed by atoms with Gasteiger partial charge in [-0.2, -0.15) is 5.10 Å². The third-order valence-electron chi connectivity index (χ3n) is 6.25. The molecule has 3 aromatic rings. The lowest BCUT2D eigenvalue weighted by atomic mass is 9.92. The van der Waals surface area contributed by atoms with E-state index in [0.717, 1.165) is 55.2 Å². The van der Waals surface area contributed by atoms with Crippen LogP contribution < -0.4 is 10.1 Å². The third kappa shape index (κ3) is 3.97. The number of ether oxygens (including phenoxy) is 1. The average molecular weight is 390 g/mol. The van der Waals surface area contributed by atoms with Crippen LogP contribution in [0.2, 0.25) is 0 Å². The quantitative estimate of drug-likeness (QED) is 0.696. The van der Waals surface area contributed by atoms with Gasteiger partial charge in [0.2, 0.25) is 5.91 Å². The highest BCUT2D eigenvalue weighted by molar-refractivity contribution is 5.85. The summed E-state index contributed by atoms with van der Waals surface area (Å²) in [4.78, 5) is 17.2. The Morgan fingerprint density at radius 2 is 2.00 bits per heavy atom. The van der Waals surface area contributed by atoms with Crippen LogP contribution in [0.3, 0.4) is 0 Å². The first-order valence-electron chi connectivity index (χ1n) is 10.5. The number of nitrogens with zero attached hydrogens (tertiary/aromatic N) is 3.